The lowest BCUT2D eigenvalue weighted by atomic mass is 9.83. The number of hydrogen-bond acceptors (Lipinski definition) is 3. The van der Waals surface area contributed by atoms with Crippen LogP contribution in [0.25, 0.3) is 0 Å². The molecule has 3 unspecified atom stereocenters. The van der Waals surface area contributed by atoms with E-state index in [2.05, 4.69) is 23.9 Å². The summed E-state index contributed by atoms with van der Waals surface area (Å²) in [6, 6.07) is 0.841. The van der Waals surface area contributed by atoms with E-state index in [1.165, 1.54) is 19.3 Å². The Morgan fingerprint density at radius 3 is 2.61 bits per heavy atom. The lowest BCUT2D eigenvalue weighted by Crippen LogP contribution is -2.50. The number of hydrogen-bond donors (Lipinski definition) is 1. The molecule has 0 bridgehead atoms. The van der Waals surface area contributed by atoms with E-state index in [1.807, 2.05) is 0 Å². The van der Waals surface area contributed by atoms with Crippen LogP contribution in [0.2, 0.25) is 0 Å². The number of carboxylic acids is 1. The third-order valence-corrected chi connectivity index (χ3v) is 4.47. The van der Waals surface area contributed by atoms with E-state index in [0.717, 1.165) is 32.4 Å². The van der Waals surface area contributed by atoms with Crippen LogP contribution in [-0.4, -0.2) is 60.1 Å². The van der Waals surface area contributed by atoms with Crippen molar-refractivity contribution in [1.29, 1.82) is 0 Å². The summed E-state index contributed by atoms with van der Waals surface area (Å²) < 4.78 is 0. The molecule has 1 heterocycles. The third-order valence-electron chi connectivity index (χ3n) is 4.47. The van der Waals surface area contributed by atoms with Crippen LogP contribution >= 0.6 is 0 Å². The first-order chi connectivity index (χ1) is 8.59. The monoisotopic (exact) mass is 254 g/mol. The molecule has 1 aliphatic carbocycles. The maximum absolute atomic E-state index is 11.4. The number of nitrogens with zero attached hydrogens (tertiary/aromatic N) is 2. The SMILES string of the molecule is CN(C)CC1CCCN1C1CCCCC1C(=O)O. The van der Waals surface area contributed by atoms with Crippen LogP contribution < -0.4 is 0 Å². The van der Waals surface area contributed by atoms with Gasteiger partial charge in [0.2, 0.25) is 0 Å². The first kappa shape index (κ1) is 13.8. The molecule has 104 valence electrons. The molecule has 1 N–H and O–H groups in total. The summed E-state index contributed by atoms with van der Waals surface area (Å²) in [5.74, 6) is -0.725. The topological polar surface area (TPSA) is 43.8 Å². The summed E-state index contributed by atoms with van der Waals surface area (Å²) in [5.41, 5.74) is 0. The average molecular weight is 254 g/mol. The fourth-order valence-electron chi connectivity index (χ4n) is 3.71. The zero-order valence-corrected chi connectivity index (χ0v) is 11.6. The van der Waals surface area contributed by atoms with E-state index >= 15 is 0 Å². The van der Waals surface area contributed by atoms with E-state index in [4.69, 9.17) is 0 Å². The molecule has 18 heavy (non-hydrogen) atoms. The Morgan fingerprint density at radius 2 is 1.94 bits per heavy atom. The Balaban J connectivity index is 2.05. The average Bonchev–Trinajstić information content (AvgIpc) is 2.76. The van der Waals surface area contributed by atoms with E-state index in [1.54, 1.807) is 0 Å². The number of rotatable bonds is 4. The predicted molar refractivity (Wildman–Crippen MR) is 71.7 cm³/mol. The fraction of sp³-hybridized carbons (Fsp3) is 0.929. The van der Waals surface area contributed by atoms with Gasteiger partial charge in [-0.25, -0.2) is 0 Å². The van der Waals surface area contributed by atoms with Crippen molar-refractivity contribution in [3.8, 4) is 0 Å². The molecule has 4 nitrogen and oxygen atoms in total. The van der Waals surface area contributed by atoms with Crippen LogP contribution in [0.4, 0.5) is 0 Å². The largest absolute Gasteiger partial charge is 0.481 e. The molecule has 1 saturated heterocycles. The van der Waals surface area contributed by atoms with Gasteiger partial charge in [0.1, 0.15) is 0 Å². The van der Waals surface area contributed by atoms with Gasteiger partial charge < -0.3 is 10.0 Å². The van der Waals surface area contributed by atoms with Crippen LogP contribution in [0.1, 0.15) is 38.5 Å². The molecule has 0 spiro atoms. The van der Waals surface area contributed by atoms with Crippen molar-refractivity contribution < 1.29 is 9.90 Å². The molecular formula is C14H26N2O2. The van der Waals surface area contributed by atoms with Gasteiger partial charge in [0.25, 0.3) is 0 Å². The highest BCUT2D eigenvalue weighted by Crippen LogP contribution is 2.33. The second-order valence-corrected chi connectivity index (χ2v) is 6.09. The summed E-state index contributed by atoms with van der Waals surface area (Å²) in [4.78, 5) is 16.1. The van der Waals surface area contributed by atoms with E-state index in [0.29, 0.717) is 6.04 Å². The van der Waals surface area contributed by atoms with Crippen molar-refractivity contribution in [2.75, 3.05) is 27.2 Å². The number of carboxylic acid groups (broad SMARTS) is 1. The summed E-state index contributed by atoms with van der Waals surface area (Å²) in [7, 11) is 4.21. The van der Waals surface area contributed by atoms with Crippen molar-refractivity contribution >= 4 is 5.97 Å². The summed E-state index contributed by atoms with van der Waals surface area (Å²) in [6.07, 6.45) is 6.66. The van der Waals surface area contributed by atoms with Gasteiger partial charge in [-0.15, -0.1) is 0 Å². The quantitative estimate of drug-likeness (QED) is 0.828. The summed E-state index contributed by atoms with van der Waals surface area (Å²) in [6.45, 7) is 2.15. The maximum atomic E-state index is 11.4. The summed E-state index contributed by atoms with van der Waals surface area (Å²) in [5, 5.41) is 9.40. The molecule has 2 rings (SSSR count). The fourth-order valence-corrected chi connectivity index (χ4v) is 3.71. The van der Waals surface area contributed by atoms with Crippen LogP contribution in [0.15, 0.2) is 0 Å². The van der Waals surface area contributed by atoms with Gasteiger partial charge in [-0.1, -0.05) is 12.8 Å². The number of likely N-dealkylation sites (tertiary alicyclic amines) is 1. The molecule has 3 atom stereocenters. The van der Waals surface area contributed by atoms with Gasteiger partial charge >= 0.3 is 5.97 Å². The Morgan fingerprint density at radius 1 is 1.22 bits per heavy atom. The summed E-state index contributed by atoms with van der Waals surface area (Å²) >= 11 is 0. The van der Waals surface area contributed by atoms with Crippen LogP contribution in [0.3, 0.4) is 0 Å². The molecule has 2 fully saturated rings. The second-order valence-electron chi connectivity index (χ2n) is 6.09. The van der Waals surface area contributed by atoms with Crippen molar-refractivity contribution in [1.82, 2.24) is 9.80 Å². The van der Waals surface area contributed by atoms with Crippen molar-refractivity contribution in [2.24, 2.45) is 5.92 Å². The molecule has 1 aliphatic heterocycles. The Bertz CT molecular complexity index is 294. The normalized spacial score (nSPS) is 34.1. The Hall–Kier alpha value is -0.610. The third kappa shape index (κ3) is 3.04. The molecule has 0 radical (unpaired) electrons. The highest BCUT2D eigenvalue weighted by atomic mass is 16.4. The highest BCUT2D eigenvalue weighted by Gasteiger charge is 2.39. The van der Waals surface area contributed by atoms with E-state index < -0.39 is 5.97 Å². The van der Waals surface area contributed by atoms with Crippen molar-refractivity contribution in [2.45, 2.75) is 50.6 Å². The molecule has 1 saturated carbocycles. The van der Waals surface area contributed by atoms with Gasteiger partial charge in [-0.3, -0.25) is 9.69 Å². The van der Waals surface area contributed by atoms with Gasteiger partial charge in [0.15, 0.2) is 0 Å². The van der Waals surface area contributed by atoms with Crippen LogP contribution in [0.5, 0.6) is 0 Å². The number of carbonyl (C=O) groups is 1. The van der Waals surface area contributed by atoms with Crippen molar-refractivity contribution in [3.63, 3.8) is 0 Å². The van der Waals surface area contributed by atoms with Crippen LogP contribution in [-0.2, 0) is 4.79 Å². The predicted octanol–water partition coefficient (Wildman–Crippen LogP) is 1.66. The first-order valence-corrected chi connectivity index (χ1v) is 7.23. The molecule has 0 aromatic carbocycles. The molecular weight excluding hydrogens is 228 g/mol. The Labute approximate surface area is 110 Å². The number of likely N-dealkylation sites (N-methyl/N-ethyl adjacent to an activating group) is 1. The Kier molecular flexibility index (Phi) is 4.62. The molecule has 4 heteroatoms. The minimum Gasteiger partial charge on any atom is -0.481 e. The second kappa shape index (κ2) is 6.02. The van der Waals surface area contributed by atoms with Crippen molar-refractivity contribution in [3.05, 3.63) is 0 Å². The van der Waals surface area contributed by atoms with E-state index in [9.17, 15) is 9.90 Å². The zero-order valence-electron chi connectivity index (χ0n) is 11.6. The number of aliphatic carboxylic acids is 1. The molecule has 0 amide bonds. The minimum absolute atomic E-state index is 0.137. The standard InChI is InChI=1S/C14H26N2O2/c1-15(2)10-11-6-5-9-16(11)13-8-4-3-7-12(13)14(17)18/h11-13H,3-10H2,1-2H3,(H,17,18). The first-order valence-electron chi connectivity index (χ1n) is 7.23. The molecule has 0 aromatic heterocycles. The lowest BCUT2D eigenvalue weighted by molar-refractivity contribution is -0.145. The van der Waals surface area contributed by atoms with Crippen LogP contribution in [0, 0.1) is 5.92 Å². The molecule has 0 aromatic rings. The van der Waals surface area contributed by atoms with E-state index in [-0.39, 0.29) is 12.0 Å². The smallest absolute Gasteiger partial charge is 0.308 e. The van der Waals surface area contributed by atoms with Gasteiger partial charge in [0.05, 0.1) is 5.92 Å². The zero-order chi connectivity index (χ0) is 13.1. The van der Waals surface area contributed by atoms with Gasteiger partial charge in [-0.05, 0) is 46.3 Å². The lowest BCUT2D eigenvalue weighted by Gasteiger charge is -2.39. The van der Waals surface area contributed by atoms with Gasteiger partial charge in [0, 0.05) is 18.6 Å². The highest BCUT2D eigenvalue weighted by molar-refractivity contribution is 5.71. The minimum atomic E-state index is -0.588. The maximum Gasteiger partial charge on any atom is 0.308 e. The van der Waals surface area contributed by atoms with Gasteiger partial charge in [-0.2, -0.15) is 0 Å². The molecule has 2 aliphatic rings.